The van der Waals surface area contributed by atoms with Crippen LogP contribution in [0.25, 0.3) is 0 Å². The first-order valence-electron chi connectivity index (χ1n) is 3.39. The lowest BCUT2D eigenvalue weighted by Crippen LogP contribution is -2.18. The van der Waals surface area contributed by atoms with Crippen molar-refractivity contribution in [2.45, 2.75) is 12.2 Å². The molecule has 0 unspecified atom stereocenters. The first kappa shape index (κ1) is 11.8. The quantitative estimate of drug-likeness (QED) is 0.610. The molecule has 0 aliphatic rings. The standard InChI is InChI=1S/C7H4ClF3INO/c8-3-5-4(12)1-2-6(13-5)14-7(9,10)11/h1-2H,3H2. The van der Waals surface area contributed by atoms with Crippen molar-refractivity contribution in [3.63, 3.8) is 0 Å². The largest absolute Gasteiger partial charge is 0.574 e. The van der Waals surface area contributed by atoms with Gasteiger partial charge in [0.2, 0.25) is 5.88 Å². The summed E-state index contributed by atoms with van der Waals surface area (Å²) in [6.07, 6.45) is -4.72. The minimum atomic E-state index is -4.72. The van der Waals surface area contributed by atoms with E-state index in [0.717, 1.165) is 6.07 Å². The van der Waals surface area contributed by atoms with Crippen LogP contribution in [0.2, 0.25) is 0 Å². The van der Waals surface area contributed by atoms with Crippen molar-refractivity contribution in [1.82, 2.24) is 4.98 Å². The molecule has 1 aromatic heterocycles. The Kier molecular flexibility index (Phi) is 3.82. The summed E-state index contributed by atoms with van der Waals surface area (Å²) >= 11 is 7.40. The summed E-state index contributed by atoms with van der Waals surface area (Å²) in [4.78, 5) is 3.59. The van der Waals surface area contributed by atoms with Crippen LogP contribution in [-0.4, -0.2) is 11.3 Å². The molecule has 0 radical (unpaired) electrons. The van der Waals surface area contributed by atoms with E-state index in [-0.39, 0.29) is 5.88 Å². The van der Waals surface area contributed by atoms with Gasteiger partial charge in [0, 0.05) is 9.64 Å². The molecule has 0 amide bonds. The highest BCUT2D eigenvalue weighted by Gasteiger charge is 2.31. The molecule has 1 heterocycles. The Morgan fingerprint density at radius 2 is 2.07 bits per heavy atom. The average molecular weight is 337 g/mol. The number of alkyl halides is 4. The molecule has 2 nitrogen and oxygen atoms in total. The second-order valence-corrected chi connectivity index (χ2v) is 3.69. The van der Waals surface area contributed by atoms with Crippen molar-refractivity contribution in [1.29, 1.82) is 0 Å². The van der Waals surface area contributed by atoms with Crippen LogP contribution in [0.15, 0.2) is 12.1 Å². The summed E-state index contributed by atoms with van der Waals surface area (Å²) < 4.78 is 39.7. The van der Waals surface area contributed by atoms with E-state index in [1.165, 1.54) is 6.07 Å². The van der Waals surface area contributed by atoms with Gasteiger partial charge < -0.3 is 4.74 Å². The molecule has 0 saturated carbocycles. The van der Waals surface area contributed by atoms with E-state index in [1.54, 1.807) is 0 Å². The third-order valence-corrected chi connectivity index (χ3v) is 2.48. The van der Waals surface area contributed by atoms with E-state index in [1.807, 2.05) is 22.6 Å². The molecular formula is C7H4ClF3INO. The van der Waals surface area contributed by atoms with Crippen LogP contribution in [0.4, 0.5) is 13.2 Å². The molecule has 0 aliphatic carbocycles. The number of hydrogen-bond donors (Lipinski definition) is 0. The lowest BCUT2D eigenvalue weighted by Gasteiger charge is -2.08. The SMILES string of the molecule is FC(F)(F)Oc1ccc(I)c(CCl)n1. The van der Waals surface area contributed by atoms with E-state index < -0.39 is 12.2 Å². The average Bonchev–Trinajstić information content (AvgIpc) is 2.06. The Bertz CT molecular complexity index is 331. The van der Waals surface area contributed by atoms with E-state index in [4.69, 9.17) is 11.6 Å². The van der Waals surface area contributed by atoms with Gasteiger partial charge in [-0.15, -0.1) is 24.8 Å². The third-order valence-electron chi connectivity index (χ3n) is 1.24. The van der Waals surface area contributed by atoms with Gasteiger partial charge in [-0.1, -0.05) is 0 Å². The number of pyridine rings is 1. The zero-order valence-electron chi connectivity index (χ0n) is 6.61. The zero-order valence-corrected chi connectivity index (χ0v) is 9.52. The molecule has 14 heavy (non-hydrogen) atoms. The lowest BCUT2D eigenvalue weighted by atomic mass is 10.4. The van der Waals surface area contributed by atoms with E-state index in [2.05, 4.69) is 9.72 Å². The predicted molar refractivity (Wildman–Crippen MR) is 53.2 cm³/mol. The van der Waals surface area contributed by atoms with Gasteiger partial charge >= 0.3 is 6.36 Å². The Morgan fingerprint density at radius 3 is 2.57 bits per heavy atom. The van der Waals surface area contributed by atoms with E-state index in [9.17, 15) is 13.2 Å². The van der Waals surface area contributed by atoms with Gasteiger partial charge in [-0.05, 0) is 28.7 Å². The second-order valence-electron chi connectivity index (χ2n) is 2.26. The Labute approximate surface area is 96.6 Å². The fourth-order valence-corrected chi connectivity index (χ4v) is 1.65. The van der Waals surface area contributed by atoms with E-state index >= 15 is 0 Å². The summed E-state index contributed by atoms with van der Waals surface area (Å²) in [7, 11) is 0. The number of hydrogen-bond acceptors (Lipinski definition) is 2. The summed E-state index contributed by atoms with van der Waals surface area (Å²) in [5.74, 6) is -0.443. The molecule has 0 saturated heterocycles. The van der Waals surface area contributed by atoms with Gasteiger partial charge in [0.1, 0.15) is 0 Å². The first-order valence-corrected chi connectivity index (χ1v) is 5.01. The van der Waals surface area contributed by atoms with Gasteiger partial charge in [-0.2, -0.15) is 0 Å². The molecule has 0 N–H and O–H groups in total. The molecule has 0 spiro atoms. The van der Waals surface area contributed by atoms with Crippen LogP contribution in [0.3, 0.4) is 0 Å². The number of rotatable bonds is 2. The smallest absolute Gasteiger partial charge is 0.388 e. The van der Waals surface area contributed by atoms with Crippen molar-refractivity contribution in [2.75, 3.05) is 0 Å². The highest BCUT2D eigenvalue weighted by atomic mass is 127. The minimum absolute atomic E-state index is 0.0489. The minimum Gasteiger partial charge on any atom is -0.388 e. The van der Waals surface area contributed by atoms with E-state index in [0.29, 0.717) is 9.26 Å². The molecule has 0 aliphatic heterocycles. The van der Waals surface area contributed by atoms with Gasteiger partial charge in [0.25, 0.3) is 0 Å². The van der Waals surface area contributed by atoms with Crippen LogP contribution >= 0.6 is 34.2 Å². The Morgan fingerprint density at radius 1 is 1.43 bits per heavy atom. The van der Waals surface area contributed by atoms with Crippen molar-refractivity contribution < 1.29 is 17.9 Å². The molecule has 7 heteroatoms. The molecular weight excluding hydrogens is 333 g/mol. The Balaban J connectivity index is 2.90. The molecule has 0 fully saturated rings. The van der Waals surface area contributed by atoms with Crippen molar-refractivity contribution >= 4 is 34.2 Å². The van der Waals surface area contributed by atoms with Crippen molar-refractivity contribution in [3.8, 4) is 5.88 Å². The van der Waals surface area contributed by atoms with Gasteiger partial charge in [0.15, 0.2) is 0 Å². The fraction of sp³-hybridized carbons (Fsp3) is 0.286. The summed E-state index contributed by atoms with van der Waals surface area (Å²) in [5.41, 5.74) is 0.369. The zero-order chi connectivity index (χ0) is 10.8. The Hall–Kier alpha value is -0.240. The number of halogens is 5. The second kappa shape index (κ2) is 4.52. The highest BCUT2D eigenvalue weighted by molar-refractivity contribution is 14.1. The maximum absolute atomic E-state index is 11.8. The van der Waals surface area contributed by atoms with Gasteiger partial charge in [-0.3, -0.25) is 0 Å². The normalized spacial score (nSPS) is 11.5. The fourth-order valence-electron chi connectivity index (χ4n) is 0.733. The maximum atomic E-state index is 11.8. The topological polar surface area (TPSA) is 22.1 Å². The number of ether oxygens (including phenoxy) is 1. The van der Waals surface area contributed by atoms with Crippen LogP contribution in [0, 0.1) is 3.57 Å². The van der Waals surface area contributed by atoms with Crippen LogP contribution in [0.5, 0.6) is 5.88 Å². The number of aromatic nitrogens is 1. The van der Waals surface area contributed by atoms with Crippen molar-refractivity contribution in [3.05, 3.63) is 21.4 Å². The lowest BCUT2D eigenvalue weighted by molar-refractivity contribution is -0.276. The van der Waals surface area contributed by atoms with Gasteiger partial charge in [0.05, 0.1) is 11.6 Å². The van der Waals surface area contributed by atoms with Crippen molar-refractivity contribution in [2.24, 2.45) is 0 Å². The highest BCUT2D eigenvalue weighted by Crippen LogP contribution is 2.23. The molecule has 0 aromatic carbocycles. The first-order chi connectivity index (χ1) is 6.42. The number of nitrogens with zero attached hydrogens (tertiary/aromatic N) is 1. The van der Waals surface area contributed by atoms with Crippen LogP contribution in [0.1, 0.15) is 5.69 Å². The van der Waals surface area contributed by atoms with Crippen LogP contribution in [-0.2, 0) is 5.88 Å². The molecule has 1 aromatic rings. The monoisotopic (exact) mass is 337 g/mol. The summed E-state index contributed by atoms with van der Waals surface area (Å²) in [6, 6.07) is 2.61. The van der Waals surface area contributed by atoms with Gasteiger partial charge in [-0.25, -0.2) is 4.98 Å². The summed E-state index contributed by atoms with van der Waals surface area (Å²) in [5, 5.41) is 0. The molecule has 0 bridgehead atoms. The maximum Gasteiger partial charge on any atom is 0.574 e. The molecule has 0 atom stereocenters. The predicted octanol–water partition coefficient (Wildman–Crippen LogP) is 3.32. The molecule has 1 rings (SSSR count). The molecule has 78 valence electrons. The van der Waals surface area contributed by atoms with Crippen LogP contribution < -0.4 is 4.74 Å². The third kappa shape index (κ3) is 3.49. The summed E-state index contributed by atoms with van der Waals surface area (Å²) in [6.45, 7) is 0.